The van der Waals surface area contributed by atoms with Crippen LogP contribution in [0.3, 0.4) is 0 Å². The van der Waals surface area contributed by atoms with Gasteiger partial charge in [0.2, 0.25) is 5.91 Å². The minimum atomic E-state index is -0.500. The Bertz CT molecular complexity index is 116. The van der Waals surface area contributed by atoms with E-state index < -0.39 is 4.92 Å². The van der Waals surface area contributed by atoms with Gasteiger partial charge in [0, 0.05) is 19.0 Å². The van der Waals surface area contributed by atoms with E-state index in [4.69, 9.17) is 20.0 Å². The molecular formula is C8H25N3O5S. The van der Waals surface area contributed by atoms with Crippen LogP contribution in [0.25, 0.3) is 0 Å². The number of amides is 1. The number of aldehydes is 1. The monoisotopic (exact) mass is 275 g/mol. The van der Waals surface area contributed by atoms with Crippen molar-refractivity contribution in [2.75, 3.05) is 27.5 Å². The Morgan fingerprint density at radius 1 is 1.35 bits per heavy atom. The zero-order valence-electron chi connectivity index (χ0n) is 11.2. The summed E-state index contributed by atoms with van der Waals surface area (Å²) in [5, 5.41) is 15.8. The van der Waals surface area contributed by atoms with E-state index in [1.54, 1.807) is 6.26 Å². The quantitative estimate of drug-likeness (QED) is 0.199. The summed E-state index contributed by atoms with van der Waals surface area (Å²) in [5.41, 5.74) is 8.97. The van der Waals surface area contributed by atoms with Gasteiger partial charge in [-0.1, -0.05) is 0 Å². The molecule has 0 fully saturated rings. The van der Waals surface area contributed by atoms with E-state index in [9.17, 15) is 4.79 Å². The fraction of sp³-hybridized carbons (Fsp3) is 0.750. The molecule has 5 N–H and O–H groups in total. The predicted molar refractivity (Wildman–Crippen MR) is 72.7 cm³/mol. The highest BCUT2D eigenvalue weighted by Gasteiger charge is 1.61. The molecule has 1 amide bonds. The van der Waals surface area contributed by atoms with E-state index in [0.29, 0.717) is 0 Å². The summed E-state index contributed by atoms with van der Waals surface area (Å²) in [4.78, 5) is 26.3. The number of nitrogens with two attached hydrogens (primary N) is 2. The average Bonchev–Trinajstić information content (AvgIpc) is 2.25. The van der Waals surface area contributed by atoms with E-state index >= 15 is 0 Å². The van der Waals surface area contributed by atoms with Crippen molar-refractivity contribution in [1.29, 1.82) is 0 Å². The van der Waals surface area contributed by atoms with Gasteiger partial charge in [-0.3, -0.25) is 14.9 Å². The van der Waals surface area contributed by atoms with Crippen molar-refractivity contribution in [2.24, 2.45) is 11.5 Å². The second kappa shape index (κ2) is 83.7. The van der Waals surface area contributed by atoms with E-state index in [1.165, 1.54) is 20.9 Å². The normalized spacial score (nSPS) is 4.76. The topological polar surface area (TPSA) is 150 Å². The number of rotatable bonds is 0. The Morgan fingerprint density at radius 3 is 1.35 bits per heavy atom. The second-order valence-electron chi connectivity index (χ2n) is 1.29. The molecule has 0 aromatic carbocycles. The summed E-state index contributed by atoms with van der Waals surface area (Å²) in [6.45, 7) is 2.75. The average molecular weight is 275 g/mol. The van der Waals surface area contributed by atoms with Crippen molar-refractivity contribution < 1.29 is 19.6 Å². The SMILES string of the molecule is CC(N)=O.CC=O.CN.CO.CS.C[N+](=O)[O-]. The smallest absolute Gasteiger partial charge is 0.214 e. The number of primary amides is 1. The Labute approximate surface area is 108 Å². The van der Waals surface area contributed by atoms with Gasteiger partial charge in [0.05, 0.1) is 0 Å². The summed E-state index contributed by atoms with van der Waals surface area (Å²) in [7, 11) is 3.39. The van der Waals surface area contributed by atoms with Gasteiger partial charge < -0.3 is 21.4 Å². The Balaban J connectivity index is -0.0000000221. The van der Waals surface area contributed by atoms with E-state index in [2.05, 4.69) is 24.1 Å². The highest BCUT2D eigenvalue weighted by atomic mass is 32.1. The summed E-state index contributed by atoms with van der Waals surface area (Å²) in [5.74, 6) is -0.333. The molecular weight excluding hydrogens is 250 g/mol. The van der Waals surface area contributed by atoms with Crippen LogP contribution in [0.2, 0.25) is 0 Å². The molecule has 9 heteroatoms. The Morgan fingerprint density at radius 2 is 1.35 bits per heavy atom. The van der Waals surface area contributed by atoms with Crippen LogP contribution in [-0.4, -0.2) is 49.7 Å². The molecule has 0 aliphatic heterocycles. The highest BCUT2D eigenvalue weighted by molar-refractivity contribution is 7.79. The van der Waals surface area contributed by atoms with Gasteiger partial charge in [-0.15, -0.1) is 0 Å². The third-order valence-corrected chi connectivity index (χ3v) is 0. The van der Waals surface area contributed by atoms with Crippen LogP contribution in [0.1, 0.15) is 13.8 Å². The molecule has 8 nitrogen and oxygen atoms in total. The maximum atomic E-state index is 9.22. The molecule has 17 heavy (non-hydrogen) atoms. The molecule has 0 aromatic heterocycles. The van der Waals surface area contributed by atoms with Crippen molar-refractivity contribution in [3.8, 4) is 0 Å². The lowest BCUT2D eigenvalue weighted by Crippen LogP contribution is -2.01. The largest absolute Gasteiger partial charge is 0.400 e. The van der Waals surface area contributed by atoms with Gasteiger partial charge in [-0.2, -0.15) is 12.6 Å². The first-order chi connectivity index (χ1) is 7.88. The first-order valence-corrected chi connectivity index (χ1v) is 4.98. The third kappa shape index (κ3) is 1720. The minimum Gasteiger partial charge on any atom is -0.400 e. The van der Waals surface area contributed by atoms with Crippen molar-refractivity contribution in [3.63, 3.8) is 0 Å². The molecule has 0 unspecified atom stereocenters. The highest BCUT2D eigenvalue weighted by Crippen LogP contribution is 1.39. The molecule has 0 saturated carbocycles. The van der Waals surface area contributed by atoms with Gasteiger partial charge in [0.1, 0.15) is 6.29 Å². The molecule has 0 aliphatic rings. The Hall–Kier alpha value is -1.19. The van der Waals surface area contributed by atoms with Gasteiger partial charge in [-0.25, -0.2) is 0 Å². The van der Waals surface area contributed by atoms with Gasteiger partial charge >= 0.3 is 0 Å². The number of thiol groups is 1. The van der Waals surface area contributed by atoms with E-state index in [-0.39, 0.29) is 5.91 Å². The van der Waals surface area contributed by atoms with Crippen molar-refractivity contribution in [3.05, 3.63) is 10.1 Å². The van der Waals surface area contributed by atoms with Crippen molar-refractivity contribution in [1.82, 2.24) is 0 Å². The number of nitro groups is 1. The van der Waals surface area contributed by atoms with E-state index in [0.717, 1.165) is 20.4 Å². The van der Waals surface area contributed by atoms with Crippen molar-refractivity contribution in [2.45, 2.75) is 13.8 Å². The molecule has 108 valence electrons. The molecule has 0 spiro atoms. The molecule has 0 heterocycles. The van der Waals surface area contributed by atoms with Crippen LogP contribution in [0.4, 0.5) is 0 Å². The van der Waals surface area contributed by atoms with Crippen LogP contribution in [0, 0.1) is 10.1 Å². The predicted octanol–water partition coefficient (Wildman–Crippen LogP) is -0.681. The molecule has 0 aliphatic carbocycles. The van der Waals surface area contributed by atoms with Crippen LogP contribution < -0.4 is 11.5 Å². The number of carbonyl (C=O) groups excluding carboxylic acids is 2. The third-order valence-electron chi connectivity index (χ3n) is 0. The zero-order chi connectivity index (χ0) is 15.9. The first kappa shape index (κ1) is 36.0. The summed E-state index contributed by atoms with van der Waals surface area (Å²) < 4.78 is 0. The lowest BCUT2D eigenvalue weighted by molar-refractivity contribution is -0.445. The molecule has 0 aromatic rings. The van der Waals surface area contributed by atoms with Crippen LogP contribution in [0.5, 0.6) is 0 Å². The molecule has 0 saturated heterocycles. The summed E-state index contributed by atoms with van der Waals surface area (Å²) in [6, 6.07) is 0. The number of hydrogen-bond donors (Lipinski definition) is 4. The Kier molecular flexibility index (Phi) is 177. The maximum Gasteiger partial charge on any atom is 0.214 e. The fourth-order valence-corrected chi connectivity index (χ4v) is 0. The number of aliphatic hydroxyl groups is 1. The maximum absolute atomic E-state index is 9.22. The van der Waals surface area contributed by atoms with Gasteiger partial charge in [0.15, 0.2) is 7.05 Å². The molecule has 0 radical (unpaired) electrons. The molecule has 0 rings (SSSR count). The lowest BCUT2D eigenvalue weighted by atomic mass is 10.8. The lowest BCUT2D eigenvalue weighted by Gasteiger charge is -1.63. The first-order valence-electron chi connectivity index (χ1n) is 4.09. The standard InChI is InChI=1S/C2H5NO.C2H4O.CH3NO2.CH5N.CH4O.CH4S/c1-2(3)4;1-2-3;1-2(3)4;3*1-2/h1H3,(H2,3,4);2H,1H3;1H3;2H2,1H3;2*2H,1H3. The number of aliphatic hydroxyl groups excluding tert-OH is 1. The zero-order valence-corrected chi connectivity index (χ0v) is 12.1. The van der Waals surface area contributed by atoms with Crippen LogP contribution in [-0.2, 0) is 9.59 Å². The number of carbonyl (C=O) groups is 2. The van der Waals surface area contributed by atoms with Gasteiger partial charge in [-0.05, 0) is 20.2 Å². The van der Waals surface area contributed by atoms with Crippen LogP contribution >= 0.6 is 12.6 Å². The number of hydrogen-bond acceptors (Lipinski definition) is 7. The molecule has 0 bridgehead atoms. The number of nitrogens with zero attached hydrogens (tertiary/aromatic N) is 1. The van der Waals surface area contributed by atoms with Crippen LogP contribution in [0.15, 0.2) is 0 Å². The van der Waals surface area contributed by atoms with E-state index in [1.807, 2.05) is 0 Å². The minimum absolute atomic E-state index is 0.333. The second-order valence-corrected chi connectivity index (χ2v) is 1.29. The van der Waals surface area contributed by atoms with Crippen molar-refractivity contribution >= 4 is 24.8 Å². The fourth-order valence-electron chi connectivity index (χ4n) is 0. The summed E-state index contributed by atoms with van der Waals surface area (Å²) in [6.07, 6.45) is 2.44. The molecule has 0 atom stereocenters. The van der Waals surface area contributed by atoms with Gasteiger partial charge in [0.25, 0.3) is 0 Å². The summed E-state index contributed by atoms with van der Waals surface area (Å²) >= 11 is 3.53.